The van der Waals surface area contributed by atoms with Crippen LogP contribution in [0.4, 0.5) is 0 Å². The zero-order valence-electron chi connectivity index (χ0n) is 21.8. The highest BCUT2D eigenvalue weighted by molar-refractivity contribution is 14.1. The van der Waals surface area contributed by atoms with Crippen LogP contribution >= 0.6 is 22.6 Å². The number of fused-ring (bicyclic) bond motifs is 1. The minimum absolute atomic E-state index is 0.0221. The van der Waals surface area contributed by atoms with Crippen molar-refractivity contribution >= 4 is 41.8 Å². The molecule has 2 aromatic heterocycles. The number of halogens is 1. The maximum atomic E-state index is 13.3. The van der Waals surface area contributed by atoms with Crippen molar-refractivity contribution in [1.29, 1.82) is 0 Å². The topological polar surface area (TPSA) is 36.2 Å². The lowest BCUT2D eigenvalue weighted by molar-refractivity contribution is 0.487. The average molecular weight is 599 g/mol. The van der Waals surface area contributed by atoms with Gasteiger partial charge in [0.25, 0.3) is 5.56 Å². The van der Waals surface area contributed by atoms with Gasteiger partial charge in [-0.25, -0.2) is 0 Å². The maximum absolute atomic E-state index is 13.3. The largest absolute Gasteiger partial charge is 0.543 e. The molecular formula is C29H35IN2O2Si. The zero-order valence-corrected chi connectivity index (χ0v) is 24.9. The third kappa shape index (κ3) is 5.14. The van der Waals surface area contributed by atoms with E-state index in [9.17, 15) is 4.79 Å². The number of aryl methyl sites for hydroxylation is 4. The maximum Gasteiger partial charge on any atom is 0.275 e. The van der Waals surface area contributed by atoms with Crippen LogP contribution in [-0.4, -0.2) is 17.5 Å². The lowest BCUT2D eigenvalue weighted by Crippen LogP contribution is -2.44. The first-order valence-corrected chi connectivity index (χ1v) is 16.1. The quantitative estimate of drug-likeness (QED) is 0.171. The van der Waals surface area contributed by atoms with Crippen molar-refractivity contribution in [3.63, 3.8) is 0 Å². The van der Waals surface area contributed by atoms with E-state index in [1.807, 2.05) is 13.2 Å². The smallest absolute Gasteiger partial charge is 0.275 e. The number of hydrogen-bond acceptors (Lipinski definition) is 2. The van der Waals surface area contributed by atoms with Crippen LogP contribution in [-0.2, 0) is 19.9 Å². The zero-order chi connectivity index (χ0) is 25.5. The summed E-state index contributed by atoms with van der Waals surface area (Å²) in [5.74, 6) is 0.993. The molecule has 0 saturated carbocycles. The van der Waals surface area contributed by atoms with Gasteiger partial charge in [0.2, 0.25) is 8.32 Å². The number of para-hydroxylation sites is 1. The highest BCUT2D eigenvalue weighted by Crippen LogP contribution is 2.38. The fraction of sp³-hybridized carbons (Fsp3) is 0.345. The van der Waals surface area contributed by atoms with Crippen molar-refractivity contribution in [2.24, 2.45) is 7.05 Å². The van der Waals surface area contributed by atoms with E-state index >= 15 is 0 Å². The van der Waals surface area contributed by atoms with Crippen LogP contribution in [0.5, 0.6) is 5.75 Å². The summed E-state index contributed by atoms with van der Waals surface area (Å²) in [7, 11) is -0.0946. The third-order valence-corrected chi connectivity index (χ3v) is 12.4. The molecule has 0 radical (unpaired) electrons. The number of nitrogens with zero attached hydrogens (tertiary/aromatic N) is 2. The molecule has 0 fully saturated rings. The molecule has 0 bridgehead atoms. The lowest BCUT2D eigenvalue weighted by Gasteiger charge is -2.37. The van der Waals surface area contributed by atoms with Crippen LogP contribution in [0.2, 0.25) is 18.1 Å². The van der Waals surface area contributed by atoms with Crippen molar-refractivity contribution in [3.05, 3.63) is 91.5 Å². The summed E-state index contributed by atoms with van der Waals surface area (Å²) < 4.78 is 11.5. The predicted octanol–water partition coefficient (Wildman–Crippen LogP) is 7.41. The Hall–Kier alpha value is -2.32. The van der Waals surface area contributed by atoms with Gasteiger partial charge < -0.3 is 8.99 Å². The summed E-state index contributed by atoms with van der Waals surface area (Å²) in [5.41, 5.74) is 5.36. The van der Waals surface area contributed by atoms with Gasteiger partial charge in [-0.05, 0) is 95.9 Å². The van der Waals surface area contributed by atoms with Gasteiger partial charge in [-0.1, -0.05) is 56.7 Å². The van der Waals surface area contributed by atoms with E-state index in [0.29, 0.717) is 0 Å². The number of hydrogen-bond donors (Lipinski definition) is 0. The minimum Gasteiger partial charge on any atom is -0.543 e. The molecule has 6 heteroatoms. The second kappa shape index (κ2) is 9.62. The Morgan fingerprint density at radius 3 is 2.26 bits per heavy atom. The highest BCUT2D eigenvalue weighted by Gasteiger charge is 2.39. The van der Waals surface area contributed by atoms with Gasteiger partial charge in [0.05, 0.1) is 3.70 Å². The summed E-state index contributed by atoms with van der Waals surface area (Å²) in [5, 5.41) is 1.17. The summed E-state index contributed by atoms with van der Waals surface area (Å²) in [4.78, 5) is 13.3. The second-order valence-corrected chi connectivity index (χ2v) is 16.8. The summed E-state index contributed by atoms with van der Waals surface area (Å²) in [6, 6.07) is 18.9. The summed E-state index contributed by atoms with van der Waals surface area (Å²) >= 11 is 2.34. The fourth-order valence-electron chi connectivity index (χ4n) is 4.12. The Kier molecular flexibility index (Phi) is 7.08. The van der Waals surface area contributed by atoms with Crippen LogP contribution in [0.1, 0.15) is 37.5 Å². The molecule has 0 aliphatic heterocycles. The Morgan fingerprint density at radius 1 is 0.971 bits per heavy atom. The summed E-state index contributed by atoms with van der Waals surface area (Å²) in [6.45, 7) is 13.5. The molecule has 4 aromatic rings. The van der Waals surface area contributed by atoms with Crippen LogP contribution in [0.3, 0.4) is 0 Å². The van der Waals surface area contributed by atoms with Crippen LogP contribution < -0.4 is 9.99 Å². The Labute approximate surface area is 223 Å². The fourth-order valence-corrected chi connectivity index (χ4v) is 6.00. The van der Waals surface area contributed by atoms with E-state index in [-0.39, 0.29) is 10.6 Å². The van der Waals surface area contributed by atoms with Crippen molar-refractivity contribution in [1.82, 2.24) is 9.13 Å². The molecule has 4 nitrogen and oxygen atoms in total. The van der Waals surface area contributed by atoms with E-state index in [1.165, 1.54) is 16.7 Å². The number of rotatable bonds is 6. The van der Waals surface area contributed by atoms with Gasteiger partial charge in [0, 0.05) is 24.3 Å². The minimum atomic E-state index is -1.94. The van der Waals surface area contributed by atoms with Gasteiger partial charge >= 0.3 is 0 Å². The number of benzene rings is 2. The first kappa shape index (κ1) is 25.8. The van der Waals surface area contributed by atoms with Crippen molar-refractivity contribution < 1.29 is 4.43 Å². The van der Waals surface area contributed by atoms with Crippen LogP contribution in [0.25, 0.3) is 16.6 Å². The van der Waals surface area contributed by atoms with Gasteiger partial charge in [0.1, 0.15) is 11.3 Å². The molecular weight excluding hydrogens is 563 g/mol. The molecule has 184 valence electrons. The van der Waals surface area contributed by atoms with Crippen LogP contribution in [0, 0.1) is 10.6 Å². The predicted molar refractivity (Wildman–Crippen MR) is 158 cm³/mol. The monoisotopic (exact) mass is 598 g/mol. The molecule has 0 atom stereocenters. The molecule has 4 rings (SSSR count). The van der Waals surface area contributed by atoms with Crippen LogP contribution in [0.15, 0.2) is 65.6 Å². The summed E-state index contributed by atoms with van der Waals surface area (Å²) in [6.07, 6.45) is 3.68. The SMILES string of the molecule is Cc1ccc(-n2c(I)cc3c(CCc4ccccc4O[Si](C)(C)C(C)(C)C)cn(C)c(=O)c32)cc1. The average Bonchev–Trinajstić information content (AvgIpc) is 3.13. The number of pyridine rings is 1. The molecule has 35 heavy (non-hydrogen) atoms. The van der Waals surface area contributed by atoms with E-state index in [2.05, 4.69) is 123 Å². The molecule has 0 aliphatic carbocycles. The molecule has 0 saturated heterocycles. The molecule has 0 aliphatic rings. The molecule has 0 unspecified atom stereocenters. The number of aromatic nitrogens is 2. The van der Waals surface area contributed by atoms with E-state index in [1.54, 1.807) is 4.57 Å². The molecule has 0 N–H and O–H groups in total. The van der Waals surface area contributed by atoms with Crippen molar-refractivity contribution in [3.8, 4) is 11.4 Å². The lowest BCUT2D eigenvalue weighted by atomic mass is 10.0. The third-order valence-electron chi connectivity index (χ3n) is 7.27. The van der Waals surface area contributed by atoms with E-state index in [4.69, 9.17) is 4.43 Å². The second-order valence-electron chi connectivity index (χ2n) is 10.9. The Bertz CT molecular complexity index is 1430. The first-order valence-electron chi connectivity index (χ1n) is 12.1. The van der Waals surface area contributed by atoms with Crippen molar-refractivity contribution in [2.45, 2.75) is 58.7 Å². The first-order chi connectivity index (χ1) is 16.4. The van der Waals surface area contributed by atoms with Gasteiger partial charge in [-0.3, -0.25) is 9.36 Å². The van der Waals surface area contributed by atoms with Gasteiger partial charge in [0.15, 0.2) is 0 Å². The van der Waals surface area contributed by atoms with Crippen molar-refractivity contribution in [2.75, 3.05) is 0 Å². The Morgan fingerprint density at radius 2 is 1.60 bits per heavy atom. The van der Waals surface area contributed by atoms with E-state index < -0.39 is 8.32 Å². The normalized spacial score (nSPS) is 12.3. The van der Waals surface area contributed by atoms with Gasteiger partial charge in [-0.15, -0.1) is 0 Å². The molecule has 2 heterocycles. The molecule has 0 spiro atoms. The van der Waals surface area contributed by atoms with E-state index in [0.717, 1.165) is 38.9 Å². The highest BCUT2D eigenvalue weighted by atomic mass is 127. The van der Waals surface area contributed by atoms with Gasteiger partial charge in [-0.2, -0.15) is 0 Å². The molecule has 2 aromatic carbocycles. The Balaban J connectivity index is 1.72. The molecule has 0 amide bonds. The standard InChI is InChI=1S/C29H35IN2O2Si/c1-20-12-16-23(17-13-20)32-26(30)18-24-22(19-31(5)28(33)27(24)32)15-14-21-10-8-9-11-25(21)34-35(6,7)29(2,3)4/h8-13,16-19H,14-15H2,1-7H3.